The van der Waals surface area contributed by atoms with Gasteiger partial charge >= 0.3 is 5.69 Å². The molecule has 0 aliphatic rings. The van der Waals surface area contributed by atoms with E-state index in [1.54, 1.807) is 13.8 Å². The van der Waals surface area contributed by atoms with Crippen LogP contribution in [0.1, 0.15) is 19.4 Å². The first-order chi connectivity index (χ1) is 8.86. The number of hydrogen-bond donors (Lipinski definition) is 2. The first kappa shape index (κ1) is 15.5. The van der Waals surface area contributed by atoms with Crippen molar-refractivity contribution >= 4 is 5.69 Å². The highest BCUT2D eigenvalue weighted by Crippen LogP contribution is 2.21. The maximum atomic E-state index is 13.5. The molecule has 0 bridgehead atoms. The van der Waals surface area contributed by atoms with Crippen molar-refractivity contribution in [3.63, 3.8) is 0 Å². The van der Waals surface area contributed by atoms with Gasteiger partial charge in [-0.15, -0.1) is 0 Å². The maximum absolute atomic E-state index is 13.5. The Hall–Kier alpha value is -1.60. The van der Waals surface area contributed by atoms with Gasteiger partial charge in [0.2, 0.25) is 5.82 Å². The van der Waals surface area contributed by atoms with Crippen LogP contribution >= 0.6 is 0 Å². The molecule has 0 fully saturated rings. The van der Waals surface area contributed by atoms with Crippen molar-refractivity contribution in [2.75, 3.05) is 6.61 Å². The third kappa shape index (κ3) is 3.93. The van der Waals surface area contributed by atoms with Crippen molar-refractivity contribution in [2.24, 2.45) is 5.92 Å². The first-order valence-electron chi connectivity index (χ1n) is 5.83. The summed E-state index contributed by atoms with van der Waals surface area (Å²) < 4.78 is 26.6. The highest BCUT2D eigenvalue weighted by molar-refractivity contribution is 5.37. The van der Waals surface area contributed by atoms with E-state index in [9.17, 15) is 18.9 Å². The molecule has 0 spiro atoms. The van der Waals surface area contributed by atoms with Crippen molar-refractivity contribution in [3.8, 4) is 0 Å². The van der Waals surface area contributed by atoms with Crippen molar-refractivity contribution < 1.29 is 18.8 Å². The average Bonchev–Trinajstić information content (AvgIpc) is 2.35. The predicted octanol–water partition coefficient (Wildman–Crippen LogP) is 1.98. The largest absolute Gasteiger partial charge is 0.396 e. The molecular formula is C12H16F2N2O3. The molecule has 2 N–H and O–H groups in total. The molecule has 0 aliphatic heterocycles. The highest BCUT2D eigenvalue weighted by Gasteiger charge is 2.19. The van der Waals surface area contributed by atoms with E-state index in [1.807, 2.05) is 0 Å². The number of nitrogens with zero attached hydrogens (tertiary/aromatic N) is 1. The number of benzene rings is 1. The minimum absolute atomic E-state index is 0.0186. The van der Waals surface area contributed by atoms with E-state index in [4.69, 9.17) is 5.11 Å². The van der Waals surface area contributed by atoms with Gasteiger partial charge in [0.1, 0.15) is 5.82 Å². The molecule has 1 aromatic rings. The minimum Gasteiger partial charge on any atom is -0.396 e. The zero-order valence-corrected chi connectivity index (χ0v) is 10.7. The molecule has 0 saturated carbocycles. The van der Waals surface area contributed by atoms with E-state index in [0.29, 0.717) is 6.07 Å². The Morgan fingerprint density at radius 1 is 1.37 bits per heavy atom. The molecule has 2 atom stereocenters. The van der Waals surface area contributed by atoms with E-state index in [1.165, 1.54) is 0 Å². The summed E-state index contributed by atoms with van der Waals surface area (Å²) in [6.45, 7) is 3.61. The van der Waals surface area contributed by atoms with Gasteiger partial charge < -0.3 is 10.4 Å². The Labute approximate surface area is 109 Å². The lowest BCUT2D eigenvalue weighted by molar-refractivity contribution is -0.387. The molecule has 0 aromatic heterocycles. The van der Waals surface area contributed by atoms with Gasteiger partial charge in [-0.1, -0.05) is 6.92 Å². The Kier molecular flexibility index (Phi) is 5.31. The zero-order chi connectivity index (χ0) is 14.6. The summed E-state index contributed by atoms with van der Waals surface area (Å²) in [4.78, 5) is 9.68. The minimum atomic E-state index is -1.19. The van der Waals surface area contributed by atoms with Crippen molar-refractivity contribution in [2.45, 2.75) is 26.4 Å². The number of nitro benzene ring substituents is 1. The second kappa shape index (κ2) is 6.53. The topological polar surface area (TPSA) is 75.4 Å². The fraction of sp³-hybridized carbons (Fsp3) is 0.500. The SMILES string of the molecule is CC(CO)C(C)NCc1cc([N+](=O)[O-])c(F)cc1F. The van der Waals surface area contributed by atoms with E-state index < -0.39 is 22.2 Å². The molecule has 1 aromatic carbocycles. The van der Waals surface area contributed by atoms with Crippen LogP contribution in [0.3, 0.4) is 0 Å². The second-order valence-electron chi connectivity index (χ2n) is 4.48. The zero-order valence-electron chi connectivity index (χ0n) is 10.7. The first-order valence-corrected chi connectivity index (χ1v) is 5.83. The van der Waals surface area contributed by atoms with Crippen LogP contribution in [0.15, 0.2) is 12.1 Å². The molecule has 2 unspecified atom stereocenters. The van der Waals surface area contributed by atoms with Crippen LogP contribution in [-0.4, -0.2) is 22.7 Å². The lowest BCUT2D eigenvalue weighted by Gasteiger charge is -2.19. The molecule has 0 amide bonds. The van der Waals surface area contributed by atoms with Crippen molar-refractivity contribution in [1.29, 1.82) is 0 Å². The van der Waals surface area contributed by atoms with Crippen LogP contribution in [0.25, 0.3) is 0 Å². The maximum Gasteiger partial charge on any atom is 0.305 e. The number of nitro groups is 1. The van der Waals surface area contributed by atoms with Crippen molar-refractivity contribution in [1.82, 2.24) is 5.32 Å². The monoisotopic (exact) mass is 274 g/mol. The summed E-state index contributed by atoms with van der Waals surface area (Å²) in [6.07, 6.45) is 0. The van der Waals surface area contributed by atoms with Crippen LogP contribution in [0.2, 0.25) is 0 Å². The fourth-order valence-corrected chi connectivity index (χ4v) is 1.49. The molecule has 0 aliphatic carbocycles. The van der Waals surface area contributed by atoms with E-state index in [0.717, 1.165) is 6.07 Å². The third-order valence-electron chi connectivity index (χ3n) is 3.07. The fourth-order valence-electron chi connectivity index (χ4n) is 1.49. The summed E-state index contributed by atoms with van der Waals surface area (Å²) >= 11 is 0. The van der Waals surface area contributed by atoms with Crippen molar-refractivity contribution in [3.05, 3.63) is 39.4 Å². The lowest BCUT2D eigenvalue weighted by Crippen LogP contribution is -2.33. The van der Waals surface area contributed by atoms with Gasteiger partial charge in [0.25, 0.3) is 0 Å². The third-order valence-corrected chi connectivity index (χ3v) is 3.07. The number of hydrogen-bond acceptors (Lipinski definition) is 4. The normalized spacial score (nSPS) is 14.2. The number of rotatable bonds is 6. The van der Waals surface area contributed by atoms with E-state index in [-0.39, 0.29) is 30.7 Å². The Balaban J connectivity index is 2.84. The predicted molar refractivity (Wildman–Crippen MR) is 65.6 cm³/mol. The number of nitrogens with one attached hydrogen (secondary N) is 1. The van der Waals surface area contributed by atoms with Gasteiger partial charge in [0, 0.05) is 36.9 Å². The Bertz CT molecular complexity index is 469. The molecule has 0 heterocycles. The quantitative estimate of drug-likeness (QED) is 0.614. The van der Waals surface area contributed by atoms with Gasteiger partial charge in [-0.05, 0) is 12.8 Å². The number of aliphatic hydroxyl groups is 1. The van der Waals surface area contributed by atoms with Gasteiger partial charge in [-0.25, -0.2) is 4.39 Å². The summed E-state index contributed by atoms with van der Waals surface area (Å²) in [7, 11) is 0. The second-order valence-corrected chi connectivity index (χ2v) is 4.48. The Morgan fingerprint density at radius 3 is 2.53 bits per heavy atom. The van der Waals surface area contributed by atoms with Crippen LogP contribution < -0.4 is 5.32 Å². The molecule has 1 rings (SSSR count). The van der Waals surface area contributed by atoms with Crippen LogP contribution in [0.4, 0.5) is 14.5 Å². The highest BCUT2D eigenvalue weighted by atomic mass is 19.1. The summed E-state index contributed by atoms with van der Waals surface area (Å²) in [5, 5.41) is 22.5. The van der Waals surface area contributed by atoms with Crippen LogP contribution in [-0.2, 0) is 6.54 Å². The average molecular weight is 274 g/mol. The summed E-state index contributed by atoms with van der Waals surface area (Å²) in [6, 6.07) is 1.29. The Morgan fingerprint density at radius 2 is 2.00 bits per heavy atom. The van der Waals surface area contributed by atoms with Crippen LogP contribution in [0, 0.1) is 27.7 Å². The van der Waals surface area contributed by atoms with Gasteiger partial charge in [0.05, 0.1) is 4.92 Å². The van der Waals surface area contributed by atoms with E-state index >= 15 is 0 Å². The van der Waals surface area contributed by atoms with Crippen LogP contribution in [0.5, 0.6) is 0 Å². The summed E-state index contributed by atoms with van der Waals surface area (Å²) in [5.74, 6) is -2.07. The summed E-state index contributed by atoms with van der Waals surface area (Å²) in [5.41, 5.74) is -0.730. The molecule has 7 heteroatoms. The van der Waals surface area contributed by atoms with Gasteiger partial charge in [-0.3, -0.25) is 10.1 Å². The number of aliphatic hydroxyl groups excluding tert-OH is 1. The molecule has 0 radical (unpaired) electrons. The van der Waals surface area contributed by atoms with Gasteiger partial charge in [-0.2, -0.15) is 4.39 Å². The number of halogens is 2. The lowest BCUT2D eigenvalue weighted by atomic mass is 10.0. The standard InChI is InChI=1S/C12H16F2N2O3/c1-7(6-17)8(2)15-5-9-3-12(16(18)19)11(14)4-10(9)13/h3-4,7-8,15,17H,5-6H2,1-2H3. The molecular weight excluding hydrogens is 258 g/mol. The molecule has 106 valence electrons. The molecule has 0 saturated heterocycles. The molecule has 19 heavy (non-hydrogen) atoms. The molecule has 5 nitrogen and oxygen atoms in total. The van der Waals surface area contributed by atoms with E-state index in [2.05, 4.69) is 5.32 Å². The smallest absolute Gasteiger partial charge is 0.305 e. The van der Waals surface area contributed by atoms with Gasteiger partial charge in [0.15, 0.2) is 0 Å².